The zero-order valence-electron chi connectivity index (χ0n) is 19.4. The van der Waals surface area contributed by atoms with Gasteiger partial charge in [0.05, 0.1) is 12.7 Å². The number of hydrogen-bond donors (Lipinski definition) is 2. The first-order valence-electron chi connectivity index (χ1n) is 11.3. The van der Waals surface area contributed by atoms with Gasteiger partial charge >= 0.3 is 0 Å². The molecule has 1 aliphatic rings. The molecule has 6 nitrogen and oxygen atoms in total. The lowest BCUT2D eigenvalue weighted by atomic mass is 10.0. The maximum absolute atomic E-state index is 12.9. The zero-order chi connectivity index (χ0) is 25.1. The van der Waals surface area contributed by atoms with Gasteiger partial charge in [-0.15, -0.1) is 0 Å². The summed E-state index contributed by atoms with van der Waals surface area (Å²) in [5.41, 5.74) is 3.79. The van der Waals surface area contributed by atoms with Gasteiger partial charge in [-0.1, -0.05) is 60.8 Å². The summed E-state index contributed by atoms with van der Waals surface area (Å²) in [4.78, 5) is 18.2. The molecule has 2 N–H and O–H groups in total. The predicted molar refractivity (Wildman–Crippen MR) is 144 cm³/mol. The smallest absolute Gasteiger partial charge is 0.258 e. The van der Waals surface area contributed by atoms with Crippen molar-refractivity contribution in [2.45, 2.75) is 6.42 Å². The highest BCUT2D eigenvalue weighted by molar-refractivity contribution is 7.80. The number of aromatic hydroxyl groups is 1. The third kappa shape index (κ3) is 4.82. The molecular formula is C29H22N2O4S. The highest BCUT2D eigenvalue weighted by Crippen LogP contribution is 2.38. The Morgan fingerprint density at radius 1 is 1.06 bits per heavy atom. The number of benzene rings is 3. The number of methoxy groups -OCH3 is 1. The summed E-state index contributed by atoms with van der Waals surface area (Å²) in [6.07, 6.45) is 6.34. The SMILES string of the molecule is COc1ccc(-c2ccc(-c3nc(C4=CC(=S)CC=C4)c(NC(=O)c4ccccc4)o3)c(O)c2)cc1. The average molecular weight is 495 g/mol. The van der Waals surface area contributed by atoms with Gasteiger partial charge in [0.2, 0.25) is 11.8 Å². The Morgan fingerprint density at radius 2 is 1.81 bits per heavy atom. The molecule has 1 aromatic heterocycles. The number of nitrogens with zero attached hydrogens (tertiary/aromatic N) is 1. The van der Waals surface area contributed by atoms with E-state index in [1.54, 1.807) is 43.5 Å². The Balaban J connectivity index is 1.52. The first-order valence-corrected chi connectivity index (χ1v) is 11.7. The molecule has 0 fully saturated rings. The Bertz CT molecular complexity index is 1500. The number of carbonyl (C=O) groups excluding carboxylic acids is 1. The van der Waals surface area contributed by atoms with Crippen molar-refractivity contribution in [3.63, 3.8) is 0 Å². The molecule has 4 aromatic rings. The summed E-state index contributed by atoms with van der Waals surface area (Å²) < 4.78 is 11.2. The third-order valence-electron chi connectivity index (χ3n) is 5.75. The molecular weight excluding hydrogens is 472 g/mol. The molecule has 0 bridgehead atoms. The van der Waals surface area contributed by atoms with Crippen LogP contribution < -0.4 is 10.1 Å². The van der Waals surface area contributed by atoms with Gasteiger partial charge in [-0.25, -0.2) is 4.98 Å². The van der Waals surface area contributed by atoms with Gasteiger partial charge in [0.25, 0.3) is 5.91 Å². The van der Waals surface area contributed by atoms with Gasteiger partial charge in [0, 0.05) is 22.4 Å². The highest BCUT2D eigenvalue weighted by Gasteiger charge is 2.22. The van der Waals surface area contributed by atoms with Gasteiger partial charge in [-0.3, -0.25) is 10.1 Å². The average Bonchev–Trinajstić information content (AvgIpc) is 3.32. The fourth-order valence-corrected chi connectivity index (χ4v) is 4.11. The van der Waals surface area contributed by atoms with E-state index in [2.05, 4.69) is 10.3 Å². The fraction of sp³-hybridized carbons (Fsp3) is 0.0690. The number of phenols is 1. The van der Waals surface area contributed by atoms with Crippen LogP contribution in [0.1, 0.15) is 22.5 Å². The summed E-state index contributed by atoms with van der Waals surface area (Å²) in [6.45, 7) is 0. The van der Waals surface area contributed by atoms with Crippen LogP contribution in [0.15, 0.2) is 95.4 Å². The van der Waals surface area contributed by atoms with Crippen molar-refractivity contribution in [2.75, 3.05) is 12.4 Å². The minimum Gasteiger partial charge on any atom is -0.507 e. The summed E-state index contributed by atoms with van der Waals surface area (Å²) in [6, 6.07) is 21.7. The predicted octanol–water partition coefficient (Wildman–Crippen LogP) is 6.69. The second kappa shape index (κ2) is 10.0. The molecule has 0 unspecified atom stereocenters. The van der Waals surface area contributed by atoms with E-state index in [4.69, 9.17) is 21.4 Å². The maximum Gasteiger partial charge on any atom is 0.258 e. The van der Waals surface area contributed by atoms with Crippen LogP contribution in [0.3, 0.4) is 0 Å². The molecule has 0 saturated heterocycles. The van der Waals surface area contributed by atoms with Crippen LogP contribution in [0.2, 0.25) is 0 Å². The first-order chi connectivity index (χ1) is 17.5. The maximum atomic E-state index is 12.9. The largest absolute Gasteiger partial charge is 0.507 e. The number of amides is 1. The third-order valence-corrected chi connectivity index (χ3v) is 6.03. The molecule has 1 heterocycles. The van der Waals surface area contributed by atoms with Crippen molar-refractivity contribution in [2.24, 2.45) is 0 Å². The molecule has 3 aromatic carbocycles. The van der Waals surface area contributed by atoms with Crippen molar-refractivity contribution < 1.29 is 19.1 Å². The van der Waals surface area contributed by atoms with Crippen molar-refractivity contribution in [1.29, 1.82) is 0 Å². The van der Waals surface area contributed by atoms with Crippen molar-refractivity contribution in [3.05, 3.63) is 102 Å². The normalized spacial score (nSPS) is 12.8. The molecule has 1 amide bonds. The Kier molecular flexibility index (Phi) is 6.47. The van der Waals surface area contributed by atoms with E-state index in [9.17, 15) is 9.90 Å². The van der Waals surface area contributed by atoms with Gasteiger partial charge in [-0.2, -0.15) is 0 Å². The molecule has 5 rings (SSSR count). The zero-order valence-corrected chi connectivity index (χ0v) is 20.2. The minimum absolute atomic E-state index is 0.000686. The van der Waals surface area contributed by atoms with Crippen molar-refractivity contribution >= 4 is 34.4 Å². The quantitative estimate of drug-likeness (QED) is 0.291. The van der Waals surface area contributed by atoms with Crippen LogP contribution in [-0.4, -0.2) is 28.0 Å². The number of aromatic nitrogens is 1. The van der Waals surface area contributed by atoms with E-state index in [-0.39, 0.29) is 23.4 Å². The summed E-state index contributed by atoms with van der Waals surface area (Å²) in [7, 11) is 1.61. The summed E-state index contributed by atoms with van der Waals surface area (Å²) >= 11 is 5.37. The number of nitrogens with one attached hydrogen (secondary N) is 1. The first kappa shape index (κ1) is 23.3. The minimum atomic E-state index is -0.332. The molecule has 36 heavy (non-hydrogen) atoms. The number of oxazole rings is 1. The number of phenolic OH excluding ortho intramolecular Hbond substituents is 1. The van der Waals surface area contributed by atoms with Crippen molar-refractivity contribution in [3.8, 4) is 34.1 Å². The molecule has 1 aliphatic carbocycles. The van der Waals surface area contributed by atoms with Gasteiger partial charge in [0.15, 0.2) is 0 Å². The Morgan fingerprint density at radius 3 is 2.50 bits per heavy atom. The topological polar surface area (TPSA) is 84.6 Å². The lowest BCUT2D eigenvalue weighted by Crippen LogP contribution is -2.12. The summed E-state index contributed by atoms with van der Waals surface area (Å²) in [5, 5.41) is 13.7. The number of anilines is 1. The van der Waals surface area contributed by atoms with Crippen LogP contribution in [0, 0.1) is 0 Å². The summed E-state index contributed by atoms with van der Waals surface area (Å²) in [5.74, 6) is 0.779. The van der Waals surface area contributed by atoms with Crippen LogP contribution in [0.25, 0.3) is 28.2 Å². The lowest BCUT2D eigenvalue weighted by Gasteiger charge is -2.07. The van der Waals surface area contributed by atoms with Gasteiger partial charge < -0.3 is 14.3 Å². The number of allylic oxidation sites excluding steroid dienone is 4. The van der Waals surface area contributed by atoms with E-state index >= 15 is 0 Å². The van der Waals surface area contributed by atoms with E-state index < -0.39 is 0 Å². The number of thiocarbonyl (C=S) groups is 1. The van der Waals surface area contributed by atoms with Crippen LogP contribution in [0.4, 0.5) is 5.88 Å². The molecule has 0 aliphatic heterocycles. The van der Waals surface area contributed by atoms with Crippen LogP contribution in [-0.2, 0) is 0 Å². The van der Waals surface area contributed by atoms with Crippen LogP contribution >= 0.6 is 12.2 Å². The molecule has 0 radical (unpaired) electrons. The molecule has 0 atom stereocenters. The van der Waals surface area contributed by atoms with Gasteiger partial charge in [-0.05, 0) is 53.6 Å². The van der Waals surface area contributed by atoms with Crippen molar-refractivity contribution in [1.82, 2.24) is 4.98 Å². The molecule has 0 saturated carbocycles. The second-order valence-electron chi connectivity index (χ2n) is 8.15. The number of rotatable bonds is 6. The van der Waals surface area contributed by atoms with Gasteiger partial charge in [0.1, 0.15) is 17.2 Å². The Hall–Kier alpha value is -4.49. The molecule has 7 heteroatoms. The highest BCUT2D eigenvalue weighted by atomic mass is 32.1. The lowest BCUT2D eigenvalue weighted by molar-refractivity contribution is 0.102. The van der Waals surface area contributed by atoms with E-state index in [1.807, 2.05) is 54.6 Å². The molecule has 0 spiro atoms. The van der Waals surface area contributed by atoms with Crippen LogP contribution in [0.5, 0.6) is 11.5 Å². The standard InChI is InChI=1S/C29H22N2O4S/c1-34-22-13-10-18(11-14-22)20-12-15-24(25(32)17-20)28-30-26(21-8-5-9-23(36)16-21)29(35-28)31-27(33)19-6-3-2-4-7-19/h2-8,10-17,32H,9H2,1H3,(H,31,33). The Labute approximate surface area is 213 Å². The number of hydrogen-bond acceptors (Lipinski definition) is 6. The van der Waals surface area contributed by atoms with E-state index in [0.717, 1.165) is 27.3 Å². The molecule has 178 valence electrons. The van der Waals surface area contributed by atoms with E-state index in [1.165, 1.54) is 0 Å². The van der Waals surface area contributed by atoms with E-state index in [0.29, 0.717) is 23.2 Å². The number of carbonyl (C=O) groups is 1. The fourth-order valence-electron chi connectivity index (χ4n) is 3.89. The second-order valence-corrected chi connectivity index (χ2v) is 8.67. The monoisotopic (exact) mass is 494 g/mol. The number of ether oxygens (including phenoxy) is 1.